The van der Waals surface area contributed by atoms with Crippen molar-refractivity contribution in [1.82, 2.24) is 9.97 Å². The summed E-state index contributed by atoms with van der Waals surface area (Å²) in [6, 6.07) is 8.86. The number of ether oxygens (including phenoxy) is 1. The van der Waals surface area contributed by atoms with Gasteiger partial charge in [0.25, 0.3) is 5.69 Å². The fourth-order valence-corrected chi connectivity index (χ4v) is 2.03. The maximum Gasteiger partial charge on any atom is 0.287 e. The van der Waals surface area contributed by atoms with Crippen LogP contribution < -0.4 is 4.90 Å². The molecule has 0 aliphatic heterocycles. The van der Waals surface area contributed by atoms with E-state index in [0.29, 0.717) is 19.0 Å². The lowest BCUT2D eigenvalue weighted by Gasteiger charge is -2.23. The summed E-state index contributed by atoms with van der Waals surface area (Å²) >= 11 is 0. The number of rotatable bonds is 8. The molecule has 0 aliphatic rings. The summed E-state index contributed by atoms with van der Waals surface area (Å²) in [6.07, 6.45) is 3.85. The Bertz CT molecular complexity index is 589. The minimum atomic E-state index is -0.454. The van der Waals surface area contributed by atoms with Gasteiger partial charge in [-0.2, -0.15) is 0 Å². The molecule has 7 nitrogen and oxygen atoms in total. The molecule has 0 fully saturated rings. The number of hydrogen-bond acceptors (Lipinski definition) is 6. The highest BCUT2D eigenvalue weighted by Crippen LogP contribution is 2.18. The van der Waals surface area contributed by atoms with E-state index in [1.54, 1.807) is 19.4 Å². The second-order valence-electron chi connectivity index (χ2n) is 4.72. The minimum Gasteiger partial charge on any atom is -0.385 e. The zero-order chi connectivity index (χ0) is 15.8. The van der Waals surface area contributed by atoms with Gasteiger partial charge in [0.2, 0.25) is 0 Å². The first-order valence-corrected chi connectivity index (χ1v) is 6.95. The average molecular weight is 302 g/mol. The van der Waals surface area contributed by atoms with Gasteiger partial charge in [-0.1, -0.05) is 6.07 Å². The highest BCUT2D eigenvalue weighted by molar-refractivity contribution is 5.43. The maximum atomic E-state index is 10.7. The third-order valence-corrected chi connectivity index (χ3v) is 3.12. The van der Waals surface area contributed by atoms with Gasteiger partial charge in [-0.3, -0.25) is 15.1 Å². The quantitative estimate of drug-likeness (QED) is 0.423. The van der Waals surface area contributed by atoms with Crippen LogP contribution in [0.25, 0.3) is 0 Å². The molecule has 0 atom stereocenters. The maximum absolute atomic E-state index is 10.7. The Morgan fingerprint density at radius 1 is 1.27 bits per heavy atom. The number of aromatic nitrogens is 2. The van der Waals surface area contributed by atoms with E-state index in [4.69, 9.17) is 4.74 Å². The Balaban J connectivity index is 2.13. The van der Waals surface area contributed by atoms with Crippen LogP contribution in [0.15, 0.2) is 42.7 Å². The van der Waals surface area contributed by atoms with E-state index >= 15 is 0 Å². The molecular weight excluding hydrogens is 284 g/mol. The Labute approximate surface area is 128 Å². The monoisotopic (exact) mass is 302 g/mol. The first kappa shape index (κ1) is 15.8. The first-order valence-electron chi connectivity index (χ1n) is 6.95. The van der Waals surface area contributed by atoms with Crippen LogP contribution in [0.2, 0.25) is 0 Å². The van der Waals surface area contributed by atoms with Crippen LogP contribution in [-0.4, -0.2) is 35.2 Å². The molecule has 7 heteroatoms. The van der Waals surface area contributed by atoms with Crippen molar-refractivity contribution in [1.29, 1.82) is 0 Å². The van der Waals surface area contributed by atoms with Crippen molar-refractivity contribution in [2.75, 3.05) is 25.2 Å². The zero-order valence-electron chi connectivity index (χ0n) is 12.4. The molecule has 0 N–H and O–H groups in total. The third kappa shape index (κ3) is 4.49. The van der Waals surface area contributed by atoms with Crippen LogP contribution in [0.5, 0.6) is 0 Å². The highest BCUT2D eigenvalue weighted by atomic mass is 16.6. The molecule has 116 valence electrons. The van der Waals surface area contributed by atoms with Crippen LogP contribution in [-0.2, 0) is 11.3 Å². The van der Waals surface area contributed by atoms with Gasteiger partial charge in [-0.15, -0.1) is 0 Å². The molecule has 0 saturated carbocycles. The van der Waals surface area contributed by atoms with E-state index in [0.717, 1.165) is 18.7 Å². The lowest BCUT2D eigenvalue weighted by atomic mass is 10.3. The molecule has 0 unspecified atom stereocenters. The summed E-state index contributed by atoms with van der Waals surface area (Å²) < 4.78 is 5.08. The van der Waals surface area contributed by atoms with Crippen molar-refractivity contribution in [2.24, 2.45) is 0 Å². The predicted molar refractivity (Wildman–Crippen MR) is 82.7 cm³/mol. The fraction of sp³-hybridized carbons (Fsp3) is 0.333. The van der Waals surface area contributed by atoms with Gasteiger partial charge in [0, 0.05) is 32.5 Å². The second-order valence-corrected chi connectivity index (χ2v) is 4.72. The molecule has 0 aliphatic carbocycles. The first-order chi connectivity index (χ1) is 10.7. The normalized spacial score (nSPS) is 10.4. The fourth-order valence-electron chi connectivity index (χ4n) is 2.03. The Morgan fingerprint density at radius 2 is 2.14 bits per heavy atom. The molecule has 2 heterocycles. The van der Waals surface area contributed by atoms with Crippen molar-refractivity contribution in [3.05, 3.63) is 58.5 Å². The molecule has 0 radical (unpaired) electrons. The number of methoxy groups -OCH3 is 1. The molecule has 2 rings (SSSR count). The number of pyridine rings is 2. The van der Waals surface area contributed by atoms with E-state index in [1.807, 2.05) is 23.1 Å². The largest absolute Gasteiger partial charge is 0.385 e. The van der Waals surface area contributed by atoms with Crippen LogP contribution >= 0.6 is 0 Å². The number of anilines is 1. The van der Waals surface area contributed by atoms with E-state index in [-0.39, 0.29) is 5.69 Å². The molecule has 0 aromatic carbocycles. The Morgan fingerprint density at radius 3 is 2.73 bits per heavy atom. The standard InChI is InChI=1S/C15H18N4O3/c1-22-10-4-9-18(12-13-5-2-3-8-16-13)15-7-6-14(11-17-15)19(20)21/h2-3,5-8,11H,4,9-10,12H2,1H3. The molecular formula is C15H18N4O3. The Hall–Kier alpha value is -2.54. The number of nitro groups is 1. The molecule has 0 amide bonds. The summed E-state index contributed by atoms with van der Waals surface area (Å²) in [5, 5.41) is 10.7. The summed E-state index contributed by atoms with van der Waals surface area (Å²) in [5.41, 5.74) is 0.901. The highest BCUT2D eigenvalue weighted by Gasteiger charge is 2.12. The topological polar surface area (TPSA) is 81.4 Å². The van der Waals surface area contributed by atoms with Crippen molar-refractivity contribution >= 4 is 11.5 Å². The zero-order valence-corrected chi connectivity index (χ0v) is 12.4. The van der Waals surface area contributed by atoms with E-state index < -0.39 is 4.92 Å². The van der Waals surface area contributed by atoms with Crippen LogP contribution in [0, 0.1) is 10.1 Å². The van der Waals surface area contributed by atoms with Crippen molar-refractivity contribution in [3.8, 4) is 0 Å². The second kappa shape index (κ2) is 8.04. The SMILES string of the molecule is COCCCN(Cc1ccccn1)c1ccc([N+](=O)[O-])cn1. The van der Waals surface area contributed by atoms with E-state index in [1.165, 1.54) is 12.3 Å². The minimum absolute atomic E-state index is 0.0153. The van der Waals surface area contributed by atoms with Gasteiger partial charge in [0.05, 0.1) is 17.2 Å². The lowest BCUT2D eigenvalue weighted by molar-refractivity contribution is -0.385. The molecule has 0 bridgehead atoms. The summed E-state index contributed by atoms with van der Waals surface area (Å²) in [4.78, 5) is 20.8. The average Bonchev–Trinajstić information content (AvgIpc) is 2.55. The van der Waals surface area contributed by atoms with E-state index in [2.05, 4.69) is 9.97 Å². The summed E-state index contributed by atoms with van der Waals surface area (Å²) in [7, 11) is 1.66. The van der Waals surface area contributed by atoms with Crippen molar-refractivity contribution in [3.63, 3.8) is 0 Å². The van der Waals surface area contributed by atoms with Crippen molar-refractivity contribution in [2.45, 2.75) is 13.0 Å². The van der Waals surface area contributed by atoms with Gasteiger partial charge in [0.1, 0.15) is 12.0 Å². The molecule has 22 heavy (non-hydrogen) atoms. The molecule has 0 saturated heterocycles. The van der Waals surface area contributed by atoms with Crippen LogP contribution in [0.3, 0.4) is 0 Å². The predicted octanol–water partition coefficient (Wildman–Crippen LogP) is 2.43. The smallest absolute Gasteiger partial charge is 0.287 e. The molecule has 2 aromatic heterocycles. The van der Waals surface area contributed by atoms with E-state index in [9.17, 15) is 10.1 Å². The van der Waals surface area contributed by atoms with Gasteiger partial charge in [-0.25, -0.2) is 4.98 Å². The number of hydrogen-bond donors (Lipinski definition) is 0. The lowest BCUT2D eigenvalue weighted by Crippen LogP contribution is -2.26. The summed E-state index contributed by atoms with van der Waals surface area (Å²) in [5.74, 6) is 0.687. The van der Waals surface area contributed by atoms with Gasteiger partial charge in [0.15, 0.2) is 0 Å². The van der Waals surface area contributed by atoms with Crippen molar-refractivity contribution < 1.29 is 9.66 Å². The van der Waals surface area contributed by atoms with Gasteiger partial charge in [-0.05, 0) is 24.6 Å². The van der Waals surface area contributed by atoms with Crippen LogP contribution in [0.4, 0.5) is 11.5 Å². The van der Waals surface area contributed by atoms with Gasteiger partial charge < -0.3 is 9.64 Å². The molecule has 0 spiro atoms. The summed E-state index contributed by atoms with van der Waals surface area (Å²) in [6.45, 7) is 1.97. The Kier molecular flexibility index (Phi) is 5.79. The third-order valence-electron chi connectivity index (χ3n) is 3.12. The van der Waals surface area contributed by atoms with Gasteiger partial charge >= 0.3 is 0 Å². The molecule has 2 aromatic rings. The van der Waals surface area contributed by atoms with Crippen LogP contribution in [0.1, 0.15) is 12.1 Å². The number of nitrogens with zero attached hydrogens (tertiary/aromatic N) is 4.